The van der Waals surface area contributed by atoms with Gasteiger partial charge in [0.25, 0.3) is 0 Å². The number of aromatic nitrogens is 2. The molecule has 0 bridgehead atoms. The van der Waals surface area contributed by atoms with Crippen molar-refractivity contribution < 1.29 is 14.6 Å². The fraction of sp³-hybridized carbons (Fsp3) is 0.125. The van der Waals surface area contributed by atoms with E-state index in [1.165, 1.54) is 25.7 Å². The second-order valence-corrected chi connectivity index (χ2v) is 2.15. The molecule has 0 amide bonds. The van der Waals surface area contributed by atoms with Crippen molar-refractivity contribution in [2.75, 3.05) is 7.11 Å². The number of aliphatic hydroxyl groups is 1. The van der Waals surface area contributed by atoms with Crippen molar-refractivity contribution >= 4 is 11.7 Å². The van der Waals surface area contributed by atoms with Gasteiger partial charge in [-0.15, -0.1) is 0 Å². The summed E-state index contributed by atoms with van der Waals surface area (Å²) >= 11 is 0. The number of methoxy groups -OCH3 is 1. The maximum Gasteiger partial charge on any atom is 0.334 e. The molecule has 0 saturated heterocycles. The number of esters is 1. The summed E-state index contributed by atoms with van der Waals surface area (Å²) in [6.45, 7) is 0. The summed E-state index contributed by atoms with van der Waals surface area (Å²) in [5.74, 6) is -0.870. The second kappa shape index (κ2) is 4.20. The molecule has 0 unspecified atom stereocenters. The minimum atomic E-state index is -0.629. The van der Waals surface area contributed by atoms with Crippen LogP contribution in [0.2, 0.25) is 0 Å². The standard InChI is InChI=1S/C8H8N2O3/c1-13-8(12)4-7(11)6-2-3-9-5-10-6/h2-5,11H,1H3/b7-4-. The van der Waals surface area contributed by atoms with Gasteiger partial charge < -0.3 is 9.84 Å². The van der Waals surface area contributed by atoms with Crippen LogP contribution in [0.3, 0.4) is 0 Å². The minimum Gasteiger partial charge on any atom is -0.505 e. The molecule has 0 aromatic carbocycles. The van der Waals surface area contributed by atoms with E-state index in [4.69, 9.17) is 0 Å². The van der Waals surface area contributed by atoms with E-state index in [-0.39, 0.29) is 11.5 Å². The number of nitrogens with zero attached hydrogens (tertiary/aromatic N) is 2. The number of hydrogen-bond donors (Lipinski definition) is 1. The van der Waals surface area contributed by atoms with Gasteiger partial charge in [-0.2, -0.15) is 0 Å². The van der Waals surface area contributed by atoms with Gasteiger partial charge >= 0.3 is 5.97 Å². The molecule has 1 aromatic rings. The maximum atomic E-state index is 10.7. The van der Waals surface area contributed by atoms with Crippen molar-refractivity contribution in [3.8, 4) is 0 Å². The Labute approximate surface area is 74.7 Å². The number of aliphatic hydroxyl groups excluding tert-OH is 1. The molecule has 1 rings (SSSR count). The molecule has 1 aromatic heterocycles. The van der Waals surface area contributed by atoms with Crippen LogP contribution in [0, 0.1) is 0 Å². The number of hydrogen-bond acceptors (Lipinski definition) is 5. The van der Waals surface area contributed by atoms with Gasteiger partial charge in [0.05, 0.1) is 13.2 Å². The van der Waals surface area contributed by atoms with Crippen LogP contribution < -0.4 is 0 Å². The van der Waals surface area contributed by atoms with Crippen molar-refractivity contribution in [1.82, 2.24) is 9.97 Å². The van der Waals surface area contributed by atoms with E-state index in [0.717, 1.165) is 6.08 Å². The Bertz CT molecular complexity index is 321. The number of carbonyl (C=O) groups excluding carboxylic acids is 1. The largest absolute Gasteiger partial charge is 0.505 e. The van der Waals surface area contributed by atoms with Gasteiger partial charge in [0.15, 0.2) is 0 Å². The van der Waals surface area contributed by atoms with Gasteiger partial charge in [-0.3, -0.25) is 0 Å². The first-order chi connectivity index (χ1) is 6.24. The van der Waals surface area contributed by atoms with E-state index in [9.17, 15) is 9.90 Å². The van der Waals surface area contributed by atoms with Crippen molar-refractivity contribution in [2.45, 2.75) is 0 Å². The third kappa shape index (κ3) is 2.55. The summed E-state index contributed by atoms with van der Waals surface area (Å²) in [5, 5.41) is 9.29. The van der Waals surface area contributed by atoms with Crippen LogP contribution in [0.5, 0.6) is 0 Å². The molecule has 5 nitrogen and oxygen atoms in total. The Kier molecular flexibility index (Phi) is 2.97. The fourth-order valence-corrected chi connectivity index (χ4v) is 0.687. The Morgan fingerprint density at radius 1 is 1.69 bits per heavy atom. The summed E-state index contributed by atoms with van der Waals surface area (Å²) < 4.78 is 4.32. The average molecular weight is 180 g/mol. The summed E-state index contributed by atoms with van der Waals surface area (Å²) in [4.78, 5) is 18.1. The van der Waals surface area contributed by atoms with Crippen LogP contribution in [0.15, 0.2) is 24.7 Å². The highest BCUT2D eigenvalue weighted by atomic mass is 16.5. The smallest absolute Gasteiger partial charge is 0.334 e. The van der Waals surface area contributed by atoms with Gasteiger partial charge in [-0.1, -0.05) is 0 Å². The summed E-state index contributed by atoms with van der Waals surface area (Å²) in [6, 6.07) is 1.48. The highest BCUT2D eigenvalue weighted by Crippen LogP contribution is 2.05. The molecule has 13 heavy (non-hydrogen) atoms. The molecule has 0 atom stereocenters. The number of ether oxygens (including phenoxy) is 1. The molecule has 0 aliphatic rings. The van der Waals surface area contributed by atoms with Gasteiger partial charge in [-0.25, -0.2) is 14.8 Å². The summed E-state index contributed by atoms with van der Waals surface area (Å²) in [7, 11) is 1.23. The highest BCUT2D eigenvalue weighted by Gasteiger charge is 2.02. The van der Waals surface area contributed by atoms with Crippen LogP contribution >= 0.6 is 0 Å². The normalized spacial score (nSPS) is 11.0. The highest BCUT2D eigenvalue weighted by molar-refractivity contribution is 5.88. The Morgan fingerprint density at radius 3 is 3.00 bits per heavy atom. The van der Waals surface area contributed by atoms with E-state index < -0.39 is 5.97 Å². The Morgan fingerprint density at radius 2 is 2.46 bits per heavy atom. The van der Waals surface area contributed by atoms with Gasteiger partial charge in [0.2, 0.25) is 0 Å². The Balaban J connectivity index is 2.85. The zero-order valence-corrected chi connectivity index (χ0v) is 6.97. The van der Waals surface area contributed by atoms with Crippen LogP contribution in [0.4, 0.5) is 0 Å². The van der Waals surface area contributed by atoms with E-state index in [2.05, 4.69) is 14.7 Å². The zero-order chi connectivity index (χ0) is 9.68. The summed E-state index contributed by atoms with van der Waals surface area (Å²) in [5.41, 5.74) is 0.278. The van der Waals surface area contributed by atoms with Gasteiger partial charge in [-0.05, 0) is 6.07 Å². The van der Waals surface area contributed by atoms with Crippen LogP contribution in [0.25, 0.3) is 5.76 Å². The molecular weight excluding hydrogens is 172 g/mol. The first kappa shape index (κ1) is 9.18. The van der Waals surface area contributed by atoms with Crippen LogP contribution in [-0.4, -0.2) is 28.2 Å². The van der Waals surface area contributed by atoms with Gasteiger partial charge in [0, 0.05) is 6.20 Å². The SMILES string of the molecule is COC(=O)/C=C(\O)c1ccncn1. The topological polar surface area (TPSA) is 72.3 Å². The van der Waals surface area contributed by atoms with E-state index in [1.807, 2.05) is 0 Å². The van der Waals surface area contributed by atoms with Gasteiger partial charge in [0.1, 0.15) is 17.8 Å². The van der Waals surface area contributed by atoms with Crippen molar-refractivity contribution in [3.05, 3.63) is 30.4 Å². The molecule has 0 aliphatic carbocycles. The molecule has 0 aliphatic heterocycles. The predicted octanol–water partition coefficient (Wildman–Crippen LogP) is 0.548. The lowest BCUT2D eigenvalue weighted by Gasteiger charge is -1.96. The molecule has 1 N–H and O–H groups in total. The average Bonchev–Trinajstić information content (AvgIpc) is 2.19. The summed E-state index contributed by atoms with van der Waals surface area (Å²) in [6.07, 6.45) is 3.68. The first-order valence-electron chi connectivity index (χ1n) is 3.49. The van der Waals surface area contributed by atoms with E-state index >= 15 is 0 Å². The van der Waals surface area contributed by atoms with Crippen LogP contribution in [0.1, 0.15) is 5.69 Å². The lowest BCUT2D eigenvalue weighted by molar-refractivity contribution is -0.134. The number of rotatable bonds is 2. The number of carbonyl (C=O) groups is 1. The van der Waals surface area contributed by atoms with Crippen LogP contribution in [-0.2, 0) is 9.53 Å². The Hall–Kier alpha value is -1.91. The molecule has 68 valence electrons. The molecular formula is C8H8N2O3. The molecule has 0 saturated carbocycles. The van der Waals surface area contributed by atoms with Crippen molar-refractivity contribution in [3.63, 3.8) is 0 Å². The predicted molar refractivity (Wildman–Crippen MR) is 44.7 cm³/mol. The van der Waals surface area contributed by atoms with E-state index in [1.54, 1.807) is 0 Å². The quantitative estimate of drug-likeness (QED) is 0.408. The molecule has 0 spiro atoms. The third-order valence-electron chi connectivity index (χ3n) is 1.30. The molecule has 0 fully saturated rings. The molecule has 1 heterocycles. The zero-order valence-electron chi connectivity index (χ0n) is 6.97. The van der Waals surface area contributed by atoms with Crippen molar-refractivity contribution in [2.24, 2.45) is 0 Å². The van der Waals surface area contributed by atoms with E-state index in [0.29, 0.717) is 0 Å². The first-order valence-corrected chi connectivity index (χ1v) is 3.49. The molecule has 0 radical (unpaired) electrons. The second-order valence-electron chi connectivity index (χ2n) is 2.15. The minimum absolute atomic E-state index is 0.241. The lowest BCUT2D eigenvalue weighted by Crippen LogP contribution is -1.97. The maximum absolute atomic E-state index is 10.7. The third-order valence-corrected chi connectivity index (χ3v) is 1.30. The fourth-order valence-electron chi connectivity index (χ4n) is 0.687. The molecule has 5 heteroatoms. The monoisotopic (exact) mass is 180 g/mol. The van der Waals surface area contributed by atoms with Crippen molar-refractivity contribution in [1.29, 1.82) is 0 Å². The lowest BCUT2D eigenvalue weighted by atomic mass is 10.3.